The molecule has 0 saturated carbocycles. The summed E-state index contributed by atoms with van der Waals surface area (Å²) in [6, 6.07) is 0.641. The van der Waals surface area contributed by atoms with Crippen LogP contribution >= 0.6 is 0 Å². The van der Waals surface area contributed by atoms with Crippen molar-refractivity contribution < 1.29 is 4.79 Å². The van der Waals surface area contributed by atoms with Crippen molar-refractivity contribution in [3.63, 3.8) is 0 Å². The molecular formula is C15H24N2O. The van der Waals surface area contributed by atoms with Crippen LogP contribution in [-0.2, 0) is 4.79 Å². The van der Waals surface area contributed by atoms with Crippen LogP contribution in [0.25, 0.3) is 0 Å². The molecule has 0 spiro atoms. The summed E-state index contributed by atoms with van der Waals surface area (Å²) < 4.78 is 0. The first-order chi connectivity index (χ1) is 8.74. The average Bonchev–Trinajstić information content (AvgIpc) is 2.46. The molecule has 2 aliphatic rings. The summed E-state index contributed by atoms with van der Waals surface area (Å²) in [5.74, 6) is 3.64. The number of likely N-dealkylation sites (tertiary alicyclic amines) is 2. The Morgan fingerprint density at radius 3 is 2.61 bits per heavy atom. The standard InChI is InChI=1S/C15H24N2O/c1-3-13-6-5-9-17(12-13)14-7-10-16(11-8-14)15(18)4-2/h1,13-14H,4-12H2,2H3. The molecule has 1 amide bonds. The quantitative estimate of drug-likeness (QED) is 0.695. The smallest absolute Gasteiger partial charge is 0.222 e. The Kier molecular flexibility index (Phi) is 4.66. The SMILES string of the molecule is C#CC1CCCN(C2CCN(C(=O)CC)CC2)C1. The highest BCUT2D eigenvalue weighted by Crippen LogP contribution is 2.23. The molecule has 0 aromatic rings. The van der Waals surface area contributed by atoms with E-state index in [1.54, 1.807) is 0 Å². The normalized spacial score (nSPS) is 26.9. The van der Waals surface area contributed by atoms with Crippen molar-refractivity contribution in [2.45, 2.75) is 45.1 Å². The Balaban J connectivity index is 1.82. The minimum absolute atomic E-state index is 0.300. The second-order valence-electron chi connectivity index (χ2n) is 5.47. The third kappa shape index (κ3) is 3.05. The highest BCUT2D eigenvalue weighted by atomic mass is 16.2. The van der Waals surface area contributed by atoms with E-state index in [-0.39, 0.29) is 0 Å². The van der Waals surface area contributed by atoms with Crippen molar-refractivity contribution in [3.8, 4) is 12.3 Å². The fraction of sp³-hybridized carbons (Fsp3) is 0.800. The van der Waals surface area contributed by atoms with Crippen LogP contribution in [0.15, 0.2) is 0 Å². The molecule has 0 aromatic heterocycles. The molecule has 2 rings (SSSR count). The van der Waals surface area contributed by atoms with E-state index < -0.39 is 0 Å². The molecule has 2 heterocycles. The zero-order valence-corrected chi connectivity index (χ0v) is 11.4. The highest BCUT2D eigenvalue weighted by Gasteiger charge is 2.29. The van der Waals surface area contributed by atoms with Crippen LogP contribution in [0.3, 0.4) is 0 Å². The minimum Gasteiger partial charge on any atom is -0.343 e. The van der Waals surface area contributed by atoms with Gasteiger partial charge in [0.1, 0.15) is 0 Å². The number of carbonyl (C=O) groups is 1. The van der Waals surface area contributed by atoms with Gasteiger partial charge < -0.3 is 4.90 Å². The summed E-state index contributed by atoms with van der Waals surface area (Å²) in [5, 5.41) is 0. The maximum Gasteiger partial charge on any atom is 0.222 e. The van der Waals surface area contributed by atoms with Crippen molar-refractivity contribution in [1.29, 1.82) is 0 Å². The summed E-state index contributed by atoms with van der Waals surface area (Å²) in [4.78, 5) is 16.2. The predicted octanol–water partition coefficient (Wildman–Crippen LogP) is 1.73. The Morgan fingerprint density at radius 1 is 1.28 bits per heavy atom. The van der Waals surface area contributed by atoms with Gasteiger partial charge in [0.15, 0.2) is 0 Å². The Hall–Kier alpha value is -1.01. The molecule has 0 aliphatic carbocycles. The molecule has 2 fully saturated rings. The van der Waals surface area contributed by atoms with Crippen molar-refractivity contribution in [1.82, 2.24) is 9.80 Å². The van der Waals surface area contributed by atoms with Gasteiger partial charge >= 0.3 is 0 Å². The maximum absolute atomic E-state index is 11.6. The zero-order chi connectivity index (χ0) is 13.0. The van der Waals surface area contributed by atoms with Crippen LogP contribution in [0.1, 0.15) is 39.0 Å². The van der Waals surface area contributed by atoms with Gasteiger partial charge in [-0.15, -0.1) is 12.3 Å². The fourth-order valence-electron chi connectivity index (χ4n) is 3.18. The van der Waals surface area contributed by atoms with Gasteiger partial charge in [-0.3, -0.25) is 9.69 Å². The van der Waals surface area contributed by atoms with E-state index in [0.717, 1.165) is 32.5 Å². The Bertz CT molecular complexity index is 326. The number of hydrogen-bond donors (Lipinski definition) is 0. The monoisotopic (exact) mass is 248 g/mol. The largest absolute Gasteiger partial charge is 0.343 e. The molecule has 3 nitrogen and oxygen atoms in total. The number of amides is 1. The van der Waals surface area contributed by atoms with Gasteiger partial charge in [0.05, 0.1) is 0 Å². The minimum atomic E-state index is 0.300. The van der Waals surface area contributed by atoms with Gasteiger partial charge in [-0.25, -0.2) is 0 Å². The number of rotatable bonds is 2. The van der Waals surface area contributed by atoms with Crippen LogP contribution in [0, 0.1) is 18.3 Å². The molecule has 3 heteroatoms. The second kappa shape index (κ2) is 6.24. The first kappa shape index (κ1) is 13.4. The van der Waals surface area contributed by atoms with Gasteiger partial charge in [-0.05, 0) is 32.2 Å². The van der Waals surface area contributed by atoms with E-state index in [0.29, 0.717) is 24.3 Å². The summed E-state index contributed by atoms with van der Waals surface area (Å²) in [7, 11) is 0. The molecule has 0 bridgehead atoms. The average molecular weight is 248 g/mol. The van der Waals surface area contributed by atoms with Crippen molar-refractivity contribution in [3.05, 3.63) is 0 Å². The Labute approximate surface area is 111 Å². The molecule has 0 N–H and O–H groups in total. The van der Waals surface area contributed by atoms with Gasteiger partial charge in [0.25, 0.3) is 0 Å². The summed E-state index contributed by atoms with van der Waals surface area (Å²) in [6.07, 6.45) is 10.8. The van der Waals surface area contributed by atoms with Crippen LogP contribution < -0.4 is 0 Å². The van der Waals surface area contributed by atoms with Gasteiger partial charge in [-0.1, -0.05) is 6.92 Å². The molecule has 2 aliphatic heterocycles. The first-order valence-electron chi connectivity index (χ1n) is 7.22. The summed E-state index contributed by atoms with van der Waals surface area (Å²) in [6.45, 7) is 6.03. The fourth-order valence-corrected chi connectivity index (χ4v) is 3.18. The molecule has 100 valence electrons. The molecule has 1 atom stereocenters. The molecule has 1 unspecified atom stereocenters. The predicted molar refractivity (Wildman–Crippen MR) is 73.0 cm³/mol. The van der Waals surface area contributed by atoms with Crippen molar-refractivity contribution in [2.75, 3.05) is 26.2 Å². The Morgan fingerprint density at radius 2 is 2.00 bits per heavy atom. The molecule has 0 aromatic carbocycles. The van der Waals surface area contributed by atoms with Crippen LogP contribution in [-0.4, -0.2) is 47.9 Å². The molecular weight excluding hydrogens is 224 g/mol. The van der Waals surface area contributed by atoms with Crippen LogP contribution in [0.4, 0.5) is 0 Å². The maximum atomic E-state index is 11.6. The second-order valence-corrected chi connectivity index (χ2v) is 5.47. The van der Waals surface area contributed by atoms with E-state index >= 15 is 0 Å². The number of carbonyl (C=O) groups excluding carboxylic acids is 1. The molecule has 0 radical (unpaired) electrons. The topological polar surface area (TPSA) is 23.6 Å². The first-order valence-corrected chi connectivity index (χ1v) is 7.22. The number of nitrogens with zero attached hydrogens (tertiary/aromatic N) is 2. The number of hydrogen-bond acceptors (Lipinski definition) is 2. The molecule has 2 saturated heterocycles. The highest BCUT2D eigenvalue weighted by molar-refractivity contribution is 5.75. The van der Waals surface area contributed by atoms with Crippen LogP contribution in [0.5, 0.6) is 0 Å². The summed E-state index contributed by atoms with van der Waals surface area (Å²) >= 11 is 0. The number of piperidine rings is 2. The lowest BCUT2D eigenvalue weighted by Gasteiger charge is -2.41. The van der Waals surface area contributed by atoms with Crippen molar-refractivity contribution >= 4 is 5.91 Å². The van der Waals surface area contributed by atoms with Crippen LogP contribution in [0.2, 0.25) is 0 Å². The van der Waals surface area contributed by atoms with Gasteiger partial charge in [0, 0.05) is 38.0 Å². The zero-order valence-electron chi connectivity index (χ0n) is 11.4. The van der Waals surface area contributed by atoms with E-state index in [1.165, 1.54) is 19.4 Å². The third-order valence-electron chi connectivity index (χ3n) is 4.32. The van der Waals surface area contributed by atoms with E-state index in [9.17, 15) is 4.79 Å². The van der Waals surface area contributed by atoms with Crippen molar-refractivity contribution in [2.24, 2.45) is 5.92 Å². The molecule has 18 heavy (non-hydrogen) atoms. The number of terminal acetylenes is 1. The summed E-state index contributed by atoms with van der Waals surface area (Å²) in [5.41, 5.74) is 0. The lowest BCUT2D eigenvalue weighted by molar-refractivity contribution is -0.132. The lowest BCUT2D eigenvalue weighted by atomic mass is 9.94. The van der Waals surface area contributed by atoms with Gasteiger partial charge in [-0.2, -0.15) is 0 Å². The lowest BCUT2D eigenvalue weighted by Crippen LogP contribution is -2.49. The van der Waals surface area contributed by atoms with E-state index in [1.807, 2.05) is 11.8 Å². The van der Waals surface area contributed by atoms with E-state index in [2.05, 4.69) is 10.8 Å². The third-order valence-corrected chi connectivity index (χ3v) is 4.32. The van der Waals surface area contributed by atoms with Gasteiger partial charge in [0.2, 0.25) is 5.91 Å². The van der Waals surface area contributed by atoms with E-state index in [4.69, 9.17) is 6.42 Å².